The van der Waals surface area contributed by atoms with E-state index in [4.69, 9.17) is 0 Å². The van der Waals surface area contributed by atoms with Crippen molar-refractivity contribution in [2.45, 2.75) is 12.5 Å². The highest BCUT2D eigenvalue weighted by Gasteiger charge is 2.34. The topological polar surface area (TPSA) is 38.7 Å². The molecule has 0 radical (unpaired) electrons. The fourth-order valence-corrected chi connectivity index (χ4v) is 4.08. The Hall–Kier alpha value is -2.20. The van der Waals surface area contributed by atoms with Crippen LogP contribution >= 0.6 is 0 Å². The molecule has 2 aromatic rings. The van der Waals surface area contributed by atoms with Crippen molar-refractivity contribution in [3.05, 3.63) is 54.6 Å². The normalized spacial score (nSPS) is 24.3. The van der Waals surface area contributed by atoms with E-state index in [1.54, 1.807) is 6.07 Å². The van der Waals surface area contributed by atoms with E-state index >= 15 is 0 Å². The molecular weight excluding hydrogens is 298 g/mol. The van der Waals surface area contributed by atoms with Gasteiger partial charge in [-0.15, -0.1) is 0 Å². The van der Waals surface area contributed by atoms with Crippen molar-refractivity contribution in [3.8, 4) is 5.75 Å². The molecule has 24 heavy (non-hydrogen) atoms. The zero-order valence-corrected chi connectivity index (χ0v) is 13.9. The van der Waals surface area contributed by atoms with Crippen LogP contribution in [0.15, 0.2) is 54.6 Å². The molecule has 4 heteroatoms. The van der Waals surface area contributed by atoms with Crippen LogP contribution in [0.2, 0.25) is 0 Å². The Morgan fingerprint density at radius 2 is 1.79 bits per heavy atom. The first-order valence-electron chi connectivity index (χ1n) is 8.87. The summed E-state index contributed by atoms with van der Waals surface area (Å²) in [4.78, 5) is 5.00. The highest BCUT2D eigenvalue weighted by Crippen LogP contribution is 2.31. The molecule has 2 fully saturated rings. The van der Waals surface area contributed by atoms with Crippen molar-refractivity contribution in [2.24, 2.45) is 5.92 Å². The predicted octanol–water partition coefficient (Wildman–Crippen LogP) is 2.70. The quantitative estimate of drug-likeness (QED) is 0.911. The van der Waals surface area contributed by atoms with Gasteiger partial charge in [-0.1, -0.05) is 24.3 Å². The molecule has 0 aliphatic carbocycles. The molecule has 2 heterocycles. The Morgan fingerprint density at radius 3 is 2.54 bits per heavy atom. The monoisotopic (exact) mass is 323 g/mol. The Bertz CT molecular complexity index is 670. The Kier molecular flexibility index (Phi) is 4.30. The SMILES string of the molecule is Oc1cccc(N2CCN(c3ccccc3)CC2C2CCNC2)c1. The average molecular weight is 323 g/mol. The van der Waals surface area contributed by atoms with Crippen molar-refractivity contribution in [3.63, 3.8) is 0 Å². The third-order valence-corrected chi connectivity index (χ3v) is 5.34. The fourth-order valence-electron chi connectivity index (χ4n) is 4.08. The number of hydrogen-bond donors (Lipinski definition) is 2. The second-order valence-corrected chi connectivity index (χ2v) is 6.82. The number of piperazine rings is 1. The van der Waals surface area contributed by atoms with Crippen LogP contribution in [0, 0.1) is 5.92 Å². The third-order valence-electron chi connectivity index (χ3n) is 5.34. The van der Waals surface area contributed by atoms with E-state index in [0.29, 0.717) is 17.7 Å². The van der Waals surface area contributed by atoms with E-state index in [1.807, 2.05) is 12.1 Å². The lowest BCUT2D eigenvalue weighted by Gasteiger charge is -2.46. The van der Waals surface area contributed by atoms with Gasteiger partial charge in [0.05, 0.1) is 6.04 Å². The third kappa shape index (κ3) is 3.06. The molecule has 0 spiro atoms. The molecule has 4 nitrogen and oxygen atoms in total. The van der Waals surface area contributed by atoms with Crippen LogP contribution < -0.4 is 15.1 Å². The molecule has 2 aliphatic heterocycles. The first kappa shape index (κ1) is 15.3. The number of anilines is 2. The molecule has 0 amide bonds. The molecule has 2 aromatic carbocycles. The highest BCUT2D eigenvalue weighted by atomic mass is 16.3. The highest BCUT2D eigenvalue weighted by molar-refractivity contribution is 5.55. The molecule has 2 aliphatic rings. The van der Waals surface area contributed by atoms with Gasteiger partial charge in [0.25, 0.3) is 0 Å². The van der Waals surface area contributed by atoms with Crippen LogP contribution in [0.4, 0.5) is 11.4 Å². The number of nitrogens with zero attached hydrogens (tertiary/aromatic N) is 2. The molecular formula is C20H25N3O. The molecule has 2 atom stereocenters. The maximum atomic E-state index is 9.88. The lowest BCUT2D eigenvalue weighted by molar-refractivity contribution is 0.393. The molecule has 0 bridgehead atoms. The van der Waals surface area contributed by atoms with Crippen LogP contribution in [0.1, 0.15) is 6.42 Å². The minimum absolute atomic E-state index is 0.348. The van der Waals surface area contributed by atoms with Crippen LogP contribution in [-0.4, -0.2) is 43.9 Å². The van der Waals surface area contributed by atoms with Gasteiger partial charge in [0.2, 0.25) is 0 Å². The minimum atomic E-state index is 0.348. The van der Waals surface area contributed by atoms with Crippen LogP contribution in [0.3, 0.4) is 0 Å². The minimum Gasteiger partial charge on any atom is -0.508 e. The molecule has 2 N–H and O–H groups in total. The second kappa shape index (κ2) is 6.73. The van der Waals surface area contributed by atoms with Gasteiger partial charge in [-0.25, -0.2) is 0 Å². The molecule has 0 saturated carbocycles. The van der Waals surface area contributed by atoms with Gasteiger partial charge >= 0.3 is 0 Å². The summed E-state index contributed by atoms with van der Waals surface area (Å²) in [6, 6.07) is 18.9. The van der Waals surface area contributed by atoms with E-state index in [0.717, 1.165) is 38.4 Å². The summed E-state index contributed by atoms with van der Waals surface area (Å²) >= 11 is 0. The van der Waals surface area contributed by atoms with Crippen molar-refractivity contribution in [1.29, 1.82) is 0 Å². The summed E-state index contributed by atoms with van der Waals surface area (Å²) in [6.07, 6.45) is 1.22. The van der Waals surface area contributed by atoms with Crippen molar-refractivity contribution in [2.75, 3.05) is 42.5 Å². The standard InChI is InChI=1S/C20H25N3O/c24-19-8-4-7-18(13-19)23-12-11-22(17-5-2-1-3-6-17)15-20(23)16-9-10-21-14-16/h1-8,13,16,20-21,24H,9-12,14-15H2. The van der Waals surface area contributed by atoms with E-state index in [1.165, 1.54) is 12.1 Å². The van der Waals surface area contributed by atoms with E-state index in [-0.39, 0.29) is 0 Å². The molecule has 126 valence electrons. The Labute approximate surface area is 143 Å². The zero-order valence-electron chi connectivity index (χ0n) is 13.9. The van der Waals surface area contributed by atoms with Gasteiger partial charge in [0.15, 0.2) is 0 Å². The summed E-state index contributed by atoms with van der Waals surface area (Å²) in [5.41, 5.74) is 2.45. The number of benzene rings is 2. The number of rotatable bonds is 3. The molecule has 2 saturated heterocycles. The van der Waals surface area contributed by atoms with Gasteiger partial charge in [0.1, 0.15) is 5.75 Å². The molecule has 0 aromatic heterocycles. The van der Waals surface area contributed by atoms with E-state index in [2.05, 4.69) is 51.5 Å². The summed E-state index contributed by atoms with van der Waals surface area (Å²) < 4.78 is 0. The summed E-state index contributed by atoms with van der Waals surface area (Å²) in [6.45, 7) is 5.23. The van der Waals surface area contributed by atoms with Gasteiger partial charge in [-0.2, -0.15) is 0 Å². The number of phenols is 1. The maximum absolute atomic E-state index is 9.88. The predicted molar refractivity (Wildman–Crippen MR) is 98.9 cm³/mol. The summed E-state index contributed by atoms with van der Waals surface area (Å²) in [7, 11) is 0. The average Bonchev–Trinajstić information content (AvgIpc) is 3.16. The van der Waals surface area contributed by atoms with Crippen molar-refractivity contribution < 1.29 is 5.11 Å². The molecule has 2 unspecified atom stereocenters. The second-order valence-electron chi connectivity index (χ2n) is 6.82. The van der Waals surface area contributed by atoms with Crippen LogP contribution in [0.5, 0.6) is 5.75 Å². The largest absolute Gasteiger partial charge is 0.508 e. The number of nitrogens with one attached hydrogen (secondary N) is 1. The Morgan fingerprint density at radius 1 is 0.958 bits per heavy atom. The number of aromatic hydroxyl groups is 1. The maximum Gasteiger partial charge on any atom is 0.117 e. The zero-order chi connectivity index (χ0) is 16.4. The lowest BCUT2D eigenvalue weighted by Crippen LogP contribution is -2.56. The fraction of sp³-hybridized carbons (Fsp3) is 0.400. The van der Waals surface area contributed by atoms with Gasteiger partial charge in [-0.3, -0.25) is 0 Å². The summed E-state index contributed by atoms with van der Waals surface area (Å²) in [5.74, 6) is 1.00. The van der Waals surface area contributed by atoms with Crippen molar-refractivity contribution in [1.82, 2.24) is 5.32 Å². The van der Waals surface area contributed by atoms with E-state index < -0.39 is 0 Å². The van der Waals surface area contributed by atoms with Crippen LogP contribution in [0.25, 0.3) is 0 Å². The number of hydrogen-bond acceptors (Lipinski definition) is 4. The Balaban J connectivity index is 1.60. The van der Waals surface area contributed by atoms with Gasteiger partial charge in [0, 0.05) is 43.6 Å². The molecule has 4 rings (SSSR count). The van der Waals surface area contributed by atoms with E-state index in [9.17, 15) is 5.11 Å². The number of para-hydroxylation sites is 1. The lowest BCUT2D eigenvalue weighted by atomic mass is 9.94. The van der Waals surface area contributed by atoms with Crippen LogP contribution in [-0.2, 0) is 0 Å². The summed E-state index contributed by atoms with van der Waals surface area (Å²) in [5, 5.41) is 13.4. The van der Waals surface area contributed by atoms with Gasteiger partial charge < -0.3 is 20.2 Å². The first-order chi connectivity index (χ1) is 11.8. The first-order valence-corrected chi connectivity index (χ1v) is 8.87. The number of phenolic OH excluding ortho intramolecular Hbond substituents is 1. The van der Waals surface area contributed by atoms with Gasteiger partial charge in [-0.05, 0) is 43.1 Å². The smallest absolute Gasteiger partial charge is 0.117 e. The van der Waals surface area contributed by atoms with Crippen molar-refractivity contribution >= 4 is 11.4 Å².